The van der Waals surface area contributed by atoms with Gasteiger partial charge in [0.1, 0.15) is 24.7 Å². The van der Waals surface area contributed by atoms with E-state index in [4.69, 9.17) is 15.2 Å². The second-order valence-electron chi connectivity index (χ2n) is 12.3. The first-order valence-corrected chi connectivity index (χ1v) is 16.1. The van der Waals surface area contributed by atoms with E-state index in [2.05, 4.69) is 26.4 Å². The van der Waals surface area contributed by atoms with Crippen LogP contribution < -0.4 is 15.2 Å². The van der Waals surface area contributed by atoms with E-state index >= 15 is 0 Å². The predicted octanol–water partition coefficient (Wildman–Crippen LogP) is 6.16. The summed E-state index contributed by atoms with van der Waals surface area (Å²) in [6.45, 7) is 6.82. The van der Waals surface area contributed by atoms with Crippen molar-refractivity contribution in [3.63, 3.8) is 0 Å². The molecule has 3 fully saturated rings. The summed E-state index contributed by atoms with van der Waals surface area (Å²) in [5, 5.41) is -0.0255. The summed E-state index contributed by atoms with van der Waals surface area (Å²) in [6.07, 6.45) is -2.92. The lowest BCUT2D eigenvalue weighted by atomic mass is 9.95. The molecule has 9 nitrogen and oxygen atoms in total. The summed E-state index contributed by atoms with van der Waals surface area (Å²) < 4.78 is 85.7. The van der Waals surface area contributed by atoms with Crippen LogP contribution in [0.1, 0.15) is 38.2 Å². The van der Waals surface area contributed by atoms with E-state index < -0.39 is 41.4 Å². The number of aromatic nitrogens is 3. The third kappa shape index (κ3) is 5.52. The first-order chi connectivity index (χ1) is 22.4. The predicted molar refractivity (Wildman–Crippen MR) is 166 cm³/mol. The molecule has 5 heterocycles. The van der Waals surface area contributed by atoms with Crippen molar-refractivity contribution in [2.75, 3.05) is 32.0 Å². The van der Waals surface area contributed by atoms with E-state index in [9.17, 15) is 26.7 Å². The minimum atomic E-state index is -4.84. The number of thiazole rings is 1. The van der Waals surface area contributed by atoms with Crippen molar-refractivity contribution in [3.05, 3.63) is 48.3 Å². The summed E-state index contributed by atoms with van der Waals surface area (Å²) in [6, 6.07) is 3.88. The molecule has 3 aliphatic rings. The Labute approximate surface area is 270 Å². The Bertz CT molecular complexity index is 1900. The number of nitrogens with zero attached hydrogens (tertiary/aromatic N) is 5. The molecule has 4 atom stereocenters. The number of alkyl halides is 4. The lowest BCUT2D eigenvalue weighted by Crippen LogP contribution is -2.43. The van der Waals surface area contributed by atoms with Crippen LogP contribution in [0.25, 0.3) is 32.2 Å². The zero-order valence-electron chi connectivity index (χ0n) is 25.3. The van der Waals surface area contributed by atoms with E-state index in [1.807, 2.05) is 0 Å². The minimum Gasteiger partial charge on any atom is -0.471 e. The Hall–Kier alpha value is -4.11. The van der Waals surface area contributed by atoms with Gasteiger partial charge in [0.2, 0.25) is 11.8 Å². The highest BCUT2D eigenvalue weighted by Gasteiger charge is 2.49. The molecule has 0 radical (unpaired) electrons. The molecule has 0 spiro atoms. The maximum atomic E-state index is 14.7. The van der Waals surface area contributed by atoms with Crippen LogP contribution in [0, 0.1) is 5.82 Å². The first-order valence-electron chi connectivity index (χ1n) is 15.3. The van der Waals surface area contributed by atoms with E-state index in [0.29, 0.717) is 25.9 Å². The summed E-state index contributed by atoms with van der Waals surface area (Å²) in [4.78, 5) is 29.1. The summed E-state index contributed by atoms with van der Waals surface area (Å²) in [5.74, 6) is -1.09. The molecule has 2 aromatic heterocycles. The lowest BCUT2D eigenvalue weighted by molar-refractivity contribution is -0.137. The van der Waals surface area contributed by atoms with Crippen LogP contribution in [0.2, 0.25) is 0 Å². The maximum absolute atomic E-state index is 14.7. The van der Waals surface area contributed by atoms with Crippen molar-refractivity contribution in [1.82, 2.24) is 24.8 Å². The summed E-state index contributed by atoms with van der Waals surface area (Å²) in [5.41, 5.74) is 4.07. The molecule has 7 rings (SSSR count). The average Bonchev–Trinajstić information content (AvgIpc) is 3.77. The smallest absolute Gasteiger partial charge is 0.417 e. The van der Waals surface area contributed by atoms with Gasteiger partial charge < -0.3 is 20.1 Å². The van der Waals surface area contributed by atoms with Gasteiger partial charge in [-0.15, -0.1) is 0 Å². The van der Waals surface area contributed by atoms with Crippen molar-refractivity contribution in [2.45, 2.75) is 62.6 Å². The number of hydrogen-bond acceptors (Lipinski definition) is 9. The van der Waals surface area contributed by atoms with Crippen LogP contribution in [0.15, 0.2) is 36.9 Å². The summed E-state index contributed by atoms with van der Waals surface area (Å²) in [7, 11) is 0. The molecule has 248 valence electrons. The van der Waals surface area contributed by atoms with Crippen LogP contribution >= 0.6 is 11.3 Å². The maximum Gasteiger partial charge on any atom is 0.417 e. The minimum absolute atomic E-state index is 0.00598. The number of fused-ring (bicyclic) bond motifs is 3. The van der Waals surface area contributed by atoms with Gasteiger partial charge in [0, 0.05) is 31.5 Å². The van der Waals surface area contributed by atoms with Gasteiger partial charge in [-0.2, -0.15) is 23.1 Å². The zero-order valence-corrected chi connectivity index (χ0v) is 26.1. The number of likely N-dealkylation sites (tertiary alicyclic amines) is 1. The Kier molecular flexibility index (Phi) is 7.73. The van der Waals surface area contributed by atoms with Gasteiger partial charge in [-0.05, 0) is 62.2 Å². The van der Waals surface area contributed by atoms with Gasteiger partial charge in [-0.1, -0.05) is 17.9 Å². The third-order valence-electron chi connectivity index (χ3n) is 9.52. The van der Waals surface area contributed by atoms with E-state index in [-0.39, 0.29) is 61.8 Å². The van der Waals surface area contributed by atoms with E-state index in [1.54, 1.807) is 11.8 Å². The molecule has 1 unspecified atom stereocenters. The lowest BCUT2D eigenvalue weighted by Gasteiger charge is -2.31. The average molecular weight is 675 g/mol. The molecule has 4 aromatic rings. The summed E-state index contributed by atoms with van der Waals surface area (Å²) >= 11 is 0.837. The zero-order chi connectivity index (χ0) is 33.2. The Balaban J connectivity index is 1.36. The van der Waals surface area contributed by atoms with Gasteiger partial charge >= 0.3 is 12.2 Å². The van der Waals surface area contributed by atoms with Gasteiger partial charge in [-0.3, -0.25) is 9.69 Å². The quantitative estimate of drug-likeness (QED) is 0.184. The molecule has 1 amide bonds. The standard InChI is InChI=1S/C32H31F5N6O3S/c1-3-25(44)43-10-7-24(16(43)2)46-28-20-11-21(32(35,36)37)19(18-5-6-22(34)27-26(18)40-29(38)47-27)12-23(20)39-30(41-28)45-15-31-8-4-9-42(31)14-17(33)13-31/h3,5-6,11-12,16-17,24H,1,4,7-10,13-15H2,2H3,(H2,38,40)/t16-,17-,24-,31?/m1/s1. The Morgan fingerprint density at radius 2 is 2.02 bits per heavy atom. The molecule has 2 N–H and O–H groups in total. The largest absolute Gasteiger partial charge is 0.471 e. The molecule has 0 aliphatic carbocycles. The molecule has 15 heteroatoms. The molecule has 0 saturated carbocycles. The van der Waals surface area contributed by atoms with Crippen LogP contribution in [-0.4, -0.2) is 80.8 Å². The fraction of sp³-hybridized carbons (Fsp3) is 0.438. The Morgan fingerprint density at radius 1 is 1.21 bits per heavy atom. The van der Waals surface area contributed by atoms with Crippen molar-refractivity contribution in [2.24, 2.45) is 0 Å². The second kappa shape index (κ2) is 11.5. The van der Waals surface area contributed by atoms with Crippen LogP contribution in [0.4, 0.5) is 27.1 Å². The van der Waals surface area contributed by atoms with Crippen molar-refractivity contribution >= 4 is 43.5 Å². The van der Waals surface area contributed by atoms with E-state index in [1.165, 1.54) is 18.2 Å². The number of anilines is 1. The molecule has 47 heavy (non-hydrogen) atoms. The number of nitrogens with two attached hydrogens (primary N) is 1. The van der Waals surface area contributed by atoms with Crippen molar-refractivity contribution < 1.29 is 36.2 Å². The number of ether oxygens (including phenoxy) is 2. The van der Waals surface area contributed by atoms with Gasteiger partial charge in [0.25, 0.3) is 0 Å². The van der Waals surface area contributed by atoms with E-state index in [0.717, 1.165) is 42.9 Å². The highest BCUT2D eigenvalue weighted by atomic mass is 32.1. The fourth-order valence-electron chi connectivity index (χ4n) is 7.24. The van der Waals surface area contributed by atoms with Crippen molar-refractivity contribution in [1.29, 1.82) is 0 Å². The first kappa shape index (κ1) is 31.5. The topological polar surface area (TPSA) is 107 Å². The van der Waals surface area contributed by atoms with Crippen LogP contribution in [0.5, 0.6) is 11.9 Å². The fourth-order valence-corrected chi connectivity index (χ4v) is 8.00. The number of halogens is 5. The van der Waals surface area contributed by atoms with Crippen LogP contribution in [-0.2, 0) is 11.0 Å². The highest BCUT2D eigenvalue weighted by molar-refractivity contribution is 7.22. The Morgan fingerprint density at radius 3 is 2.79 bits per heavy atom. The number of rotatable bonds is 7. The highest BCUT2D eigenvalue weighted by Crippen LogP contribution is 2.45. The molecule has 0 bridgehead atoms. The van der Waals surface area contributed by atoms with Crippen LogP contribution in [0.3, 0.4) is 0 Å². The van der Waals surface area contributed by atoms with Crippen molar-refractivity contribution in [3.8, 4) is 23.0 Å². The number of amides is 1. The molecular weight excluding hydrogens is 643 g/mol. The molecule has 2 aromatic carbocycles. The number of carbonyl (C=O) groups is 1. The normalized spacial score (nSPS) is 24.7. The number of hydrogen-bond donors (Lipinski definition) is 1. The SMILES string of the molecule is C=CC(=O)N1CC[C@@H](Oc2nc(OCC34CCCN3C[C@H](F)C4)nc3cc(-c4ccc(F)c5sc(N)nc45)c(C(F)(F)F)cc23)[C@H]1C. The van der Waals surface area contributed by atoms with Gasteiger partial charge in [-0.25, -0.2) is 13.8 Å². The molecular formula is C32H31F5N6O3S. The third-order valence-corrected chi connectivity index (χ3v) is 10.4. The van der Waals surface area contributed by atoms with Gasteiger partial charge in [0.05, 0.1) is 38.3 Å². The molecule has 3 aliphatic heterocycles. The number of nitrogen functional groups attached to an aromatic ring is 1. The number of benzene rings is 2. The second-order valence-corrected chi connectivity index (χ2v) is 13.4. The number of carbonyl (C=O) groups excluding carboxylic acids is 1. The monoisotopic (exact) mass is 674 g/mol. The van der Waals surface area contributed by atoms with Gasteiger partial charge in [0.15, 0.2) is 5.13 Å². The molecule has 3 saturated heterocycles.